The van der Waals surface area contributed by atoms with Crippen molar-refractivity contribution in [1.29, 1.82) is 0 Å². The van der Waals surface area contributed by atoms with Gasteiger partial charge in [0.15, 0.2) is 5.78 Å². The fraction of sp³-hybridized carbons (Fsp3) is 0.522. The number of Topliss-reactive ketones (excluding diaryl/α,β-unsaturated/α-hetero) is 3. The summed E-state index contributed by atoms with van der Waals surface area (Å²) in [5.74, 6) is -2.78. The van der Waals surface area contributed by atoms with Gasteiger partial charge in [0.2, 0.25) is 0 Å². The second-order valence-electron chi connectivity index (χ2n) is 9.85. The Labute approximate surface area is 181 Å². The number of carbonyl (C=O) groups is 3. The van der Waals surface area contributed by atoms with Gasteiger partial charge in [0.05, 0.1) is 16.0 Å². The number of hydrogen-bond acceptors (Lipinski definition) is 4. The lowest BCUT2D eigenvalue weighted by molar-refractivity contribution is -0.140. The van der Waals surface area contributed by atoms with Crippen LogP contribution in [0.3, 0.4) is 0 Å². The summed E-state index contributed by atoms with van der Waals surface area (Å²) in [5, 5.41) is 11.3. The highest BCUT2D eigenvalue weighted by Gasteiger charge is 2.49. The van der Waals surface area contributed by atoms with Crippen LogP contribution in [0.1, 0.15) is 64.9 Å². The minimum atomic E-state index is -1.05. The van der Waals surface area contributed by atoms with Crippen LogP contribution in [0.4, 0.5) is 0 Å². The van der Waals surface area contributed by atoms with Crippen molar-refractivity contribution in [2.24, 2.45) is 16.7 Å². The van der Waals surface area contributed by atoms with Crippen LogP contribution in [-0.2, 0) is 14.4 Å². The largest absolute Gasteiger partial charge is 0.512 e. The molecular formula is C23H26Cl2O4. The lowest BCUT2D eigenvalue weighted by Gasteiger charge is -2.39. The van der Waals surface area contributed by atoms with Gasteiger partial charge in [-0.2, -0.15) is 0 Å². The molecule has 29 heavy (non-hydrogen) atoms. The first-order valence-electron chi connectivity index (χ1n) is 9.77. The molecule has 3 rings (SSSR count). The highest BCUT2D eigenvalue weighted by molar-refractivity contribution is 6.42. The normalized spacial score (nSPS) is 23.4. The molecule has 1 unspecified atom stereocenters. The van der Waals surface area contributed by atoms with Crippen molar-refractivity contribution >= 4 is 40.6 Å². The summed E-state index contributed by atoms with van der Waals surface area (Å²) in [5.41, 5.74) is -0.266. The summed E-state index contributed by atoms with van der Waals surface area (Å²) < 4.78 is 0. The first kappa shape index (κ1) is 22.0. The van der Waals surface area contributed by atoms with Crippen molar-refractivity contribution < 1.29 is 19.5 Å². The number of benzene rings is 1. The van der Waals surface area contributed by atoms with E-state index >= 15 is 0 Å². The van der Waals surface area contributed by atoms with E-state index in [2.05, 4.69) is 0 Å². The number of aliphatic hydroxyl groups is 1. The monoisotopic (exact) mass is 436 g/mol. The summed E-state index contributed by atoms with van der Waals surface area (Å²) in [6, 6.07) is 4.96. The van der Waals surface area contributed by atoms with E-state index in [0.29, 0.717) is 12.0 Å². The van der Waals surface area contributed by atoms with Crippen molar-refractivity contribution in [3.8, 4) is 0 Å². The minimum absolute atomic E-state index is 0.0716. The van der Waals surface area contributed by atoms with Crippen LogP contribution in [0.25, 0.3) is 0 Å². The van der Waals surface area contributed by atoms with Gasteiger partial charge in [0, 0.05) is 37.2 Å². The maximum absolute atomic E-state index is 13.1. The van der Waals surface area contributed by atoms with Gasteiger partial charge in [-0.05, 0) is 22.5 Å². The Morgan fingerprint density at radius 1 is 0.931 bits per heavy atom. The van der Waals surface area contributed by atoms with Crippen LogP contribution in [-0.4, -0.2) is 22.5 Å². The number of hydrogen-bond donors (Lipinski definition) is 1. The topological polar surface area (TPSA) is 71.4 Å². The van der Waals surface area contributed by atoms with E-state index < -0.39 is 22.7 Å². The van der Waals surface area contributed by atoms with Gasteiger partial charge in [-0.1, -0.05) is 63.0 Å². The van der Waals surface area contributed by atoms with Gasteiger partial charge >= 0.3 is 0 Å². The van der Waals surface area contributed by atoms with E-state index in [9.17, 15) is 19.5 Å². The fourth-order valence-corrected chi connectivity index (χ4v) is 5.12. The zero-order valence-corrected chi connectivity index (χ0v) is 18.7. The van der Waals surface area contributed by atoms with Gasteiger partial charge in [0.25, 0.3) is 0 Å². The van der Waals surface area contributed by atoms with E-state index in [1.165, 1.54) is 0 Å². The van der Waals surface area contributed by atoms with Crippen molar-refractivity contribution in [2.75, 3.05) is 0 Å². The predicted molar refractivity (Wildman–Crippen MR) is 113 cm³/mol. The van der Waals surface area contributed by atoms with E-state index in [-0.39, 0.29) is 58.0 Å². The van der Waals surface area contributed by atoms with Crippen LogP contribution < -0.4 is 0 Å². The van der Waals surface area contributed by atoms with E-state index in [0.717, 1.165) is 0 Å². The second-order valence-corrected chi connectivity index (χ2v) is 10.6. The predicted octanol–water partition coefficient (Wildman–Crippen LogP) is 5.85. The molecule has 2 aliphatic rings. The fourth-order valence-electron chi connectivity index (χ4n) is 4.69. The zero-order chi connectivity index (χ0) is 21.7. The van der Waals surface area contributed by atoms with Gasteiger partial charge in [0.1, 0.15) is 17.3 Å². The Bertz CT molecular complexity index is 907. The molecule has 0 radical (unpaired) electrons. The van der Waals surface area contributed by atoms with Gasteiger partial charge in [-0.15, -0.1) is 0 Å². The van der Waals surface area contributed by atoms with Crippen molar-refractivity contribution in [3.63, 3.8) is 0 Å². The summed E-state index contributed by atoms with van der Waals surface area (Å²) in [6.07, 6.45) is 0.975. The average Bonchev–Trinajstić information content (AvgIpc) is 2.52. The Kier molecular flexibility index (Phi) is 5.74. The third-order valence-corrected chi connectivity index (χ3v) is 6.69. The second kappa shape index (κ2) is 7.55. The lowest BCUT2D eigenvalue weighted by atomic mass is 9.62. The standard InChI is InChI=1S/C23H26Cl2O4/c1-22(2)8-14(26)19(15(27)9-22)18(12-6-5-7-13(24)21(12)25)20-16(28)10-23(3,4)11-17(20)29/h5-7,18-19,28H,8-11H2,1-4H3. The maximum atomic E-state index is 13.1. The Morgan fingerprint density at radius 3 is 2.03 bits per heavy atom. The molecule has 0 aromatic heterocycles. The highest BCUT2D eigenvalue weighted by Crippen LogP contribution is 2.49. The molecule has 0 amide bonds. The SMILES string of the molecule is CC1(C)CC(=O)C(C(C2=C(O)CC(C)(C)CC2=O)c2cccc(Cl)c2Cl)C(=O)C1. The van der Waals surface area contributed by atoms with E-state index in [1.54, 1.807) is 18.2 Å². The average molecular weight is 437 g/mol. The molecule has 0 spiro atoms. The van der Waals surface area contributed by atoms with E-state index in [1.807, 2.05) is 27.7 Å². The molecule has 1 atom stereocenters. The molecule has 6 heteroatoms. The number of halogens is 2. The molecule has 2 aliphatic carbocycles. The number of carbonyl (C=O) groups excluding carboxylic acids is 3. The number of aliphatic hydroxyl groups excluding tert-OH is 1. The Morgan fingerprint density at radius 2 is 1.48 bits per heavy atom. The van der Waals surface area contributed by atoms with Gasteiger partial charge in [-0.25, -0.2) is 0 Å². The number of allylic oxidation sites excluding steroid dienone is 2. The molecular weight excluding hydrogens is 411 g/mol. The highest BCUT2D eigenvalue weighted by atomic mass is 35.5. The number of ketones is 3. The van der Waals surface area contributed by atoms with Crippen LogP contribution in [0.5, 0.6) is 0 Å². The summed E-state index contributed by atoms with van der Waals surface area (Å²) in [6.45, 7) is 7.56. The molecule has 0 saturated heterocycles. The van der Waals surface area contributed by atoms with Crippen LogP contribution in [0, 0.1) is 16.7 Å². The number of rotatable bonds is 3. The molecule has 0 bridgehead atoms. The quantitative estimate of drug-likeness (QED) is 0.602. The summed E-state index contributed by atoms with van der Waals surface area (Å²) in [4.78, 5) is 39.3. The molecule has 0 heterocycles. The maximum Gasteiger partial charge on any atom is 0.163 e. The van der Waals surface area contributed by atoms with Crippen molar-refractivity contribution in [3.05, 3.63) is 45.1 Å². The van der Waals surface area contributed by atoms with Crippen molar-refractivity contribution in [2.45, 2.75) is 59.3 Å². The van der Waals surface area contributed by atoms with E-state index in [4.69, 9.17) is 23.2 Å². The molecule has 1 saturated carbocycles. The minimum Gasteiger partial charge on any atom is -0.512 e. The lowest BCUT2D eigenvalue weighted by Crippen LogP contribution is -2.43. The van der Waals surface area contributed by atoms with Crippen LogP contribution >= 0.6 is 23.2 Å². The first-order valence-corrected chi connectivity index (χ1v) is 10.5. The third kappa shape index (κ3) is 4.29. The molecule has 4 nitrogen and oxygen atoms in total. The Hall–Kier alpha value is -1.65. The molecule has 1 aromatic carbocycles. The van der Waals surface area contributed by atoms with Crippen LogP contribution in [0.2, 0.25) is 10.0 Å². The Balaban J connectivity index is 2.22. The van der Waals surface area contributed by atoms with Gasteiger partial charge < -0.3 is 5.11 Å². The summed E-state index contributed by atoms with van der Waals surface area (Å²) >= 11 is 12.7. The zero-order valence-electron chi connectivity index (χ0n) is 17.1. The van der Waals surface area contributed by atoms with Gasteiger partial charge in [-0.3, -0.25) is 14.4 Å². The third-order valence-electron chi connectivity index (χ3n) is 5.86. The molecule has 0 aliphatic heterocycles. The summed E-state index contributed by atoms with van der Waals surface area (Å²) in [7, 11) is 0. The smallest absolute Gasteiger partial charge is 0.163 e. The van der Waals surface area contributed by atoms with Crippen LogP contribution in [0.15, 0.2) is 29.5 Å². The van der Waals surface area contributed by atoms with Crippen molar-refractivity contribution in [1.82, 2.24) is 0 Å². The first-order chi connectivity index (χ1) is 13.3. The molecule has 1 N–H and O–H groups in total. The molecule has 1 fully saturated rings. The molecule has 1 aromatic rings. The molecule has 156 valence electrons.